The summed E-state index contributed by atoms with van der Waals surface area (Å²) in [6.45, 7) is 5.95. The molecule has 4 rings (SSSR count). The van der Waals surface area contributed by atoms with Gasteiger partial charge in [-0.05, 0) is 48.0 Å². The Labute approximate surface area is 220 Å². The average molecular weight is 570 g/mol. The number of hydrogen-bond donors (Lipinski definition) is 0. The Hall–Kier alpha value is -3.56. The number of nitro benzene ring substituents is 1. The van der Waals surface area contributed by atoms with Gasteiger partial charge in [0, 0.05) is 26.5 Å². The quantitative estimate of drug-likeness (QED) is 0.150. The second-order valence-corrected chi connectivity index (χ2v) is 10.5. The molecule has 3 aromatic carbocycles. The standard InChI is InChI=1S/C26H22BrClN4O4/c1-26(2,3)25-30-21-10-7-18(27)13-20(21)24(33)31(25)29-14-17-6-11-23(22(12-17)32(34)35)36-15-16-4-8-19(28)9-5-16/h4-14H,15H2,1-3H3. The number of halogens is 2. The predicted molar refractivity (Wildman–Crippen MR) is 144 cm³/mol. The molecule has 0 atom stereocenters. The highest BCUT2D eigenvalue weighted by Crippen LogP contribution is 2.29. The SMILES string of the molecule is CC(C)(C)c1nc2ccc(Br)cc2c(=O)n1N=Cc1ccc(OCc2ccc(Cl)cc2)c([N+](=O)[O-])c1. The van der Waals surface area contributed by atoms with Crippen LogP contribution >= 0.6 is 27.5 Å². The van der Waals surface area contributed by atoms with Gasteiger partial charge in [0.15, 0.2) is 5.75 Å². The van der Waals surface area contributed by atoms with E-state index in [4.69, 9.17) is 16.3 Å². The van der Waals surface area contributed by atoms with Crippen LogP contribution in [-0.4, -0.2) is 20.8 Å². The minimum atomic E-state index is -0.517. The van der Waals surface area contributed by atoms with E-state index in [1.165, 1.54) is 23.0 Å². The molecular formula is C26H22BrClN4O4. The normalized spacial score (nSPS) is 11.8. The van der Waals surface area contributed by atoms with Gasteiger partial charge in [0.2, 0.25) is 0 Å². The van der Waals surface area contributed by atoms with Gasteiger partial charge in [0.05, 0.1) is 22.0 Å². The first-order chi connectivity index (χ1) is 17.0. The minimum absolute atomic E-state index is 0.122. The van der Waals surface area contributed by atoms with Crippen molar-refractivity contribution < 1.29 is 9.66 Å². The molecule has 0 amide bonds. The first-order valence-electron chi connectivity index (χ1n) is 11.0. The molecule has 8 nitrogen and oxygen atoms in total. The molecule has 0 fully saturated rings. The molecule has 1 heterocycles. The predicted octanol–water partition coefficient (Wildman–Crippen LogP) is 6.48. The van der Waals surface area contributed by atoms with E-state index >= 15 is 0 Å². The fraction of sp³-hybridized carbons (Fsp3) is 0.192. The van der Waals surface area contributed by atoms with Crippen LogP contribution in [0.1, 0.15) is 37.7 Å². The van der Waals surface area contributed by atoms with Crippen molar-refractivity contribution in [2.45, 2.75) is 32.8 Å². The number of benzene rings is 3. The van der Waals surface area contributed by atoms with E-state index in [2.05, 4.69) is 26.0 Å². The molecule has 184 valence electrons. The van der Waals surface area contributed by atoms with Crippen molar-refractivity contribution in [3.63, 3.8) is 0 Å². The molecule has 0 aliphatic heterocycles. The third-order valence-corrected chi connectivity index (χ3v) is 6.03. The Morgan fingerprint density at radius 1 is 1.14 bits per heavy atom. The maximum absolute atomic E-state index is 13.3. The van der Waals surface area contributed by atoms with Gasteiger partial charge in [-0.1, -0.05) is 60.4 Å². The summed E-state index contributed by atoms with van der Waals surface area (Å²) in [6.07, 6.45) is 1.40. The van der Waals surface area contributed by atoms with Gasteiger partial charge in [-0.3, -0.25) is 14.9 Å². The van der Waals surface area contributed by atoms with E-state index in [1.54, 1.807) is 42.5 Å². The molecule has 10 heteroatoms. The van der Waals surface area contributed by atoms with Crippen LogP contribution in [0.15, 0.2) is 75.0 Å². The van der Waals surface area contributed by atoms with Crippen LogP contribution in [0.5, 0.6) is 5.75 Å². The number of hydrogen-bond acceptors (Lipinski definition) is 6. The van der Waals surface area contributed by atoms with Crippen LogP contribution in [0, 0.1) is 10.1 Å². The molecular weight excluding hydrogens is 548 g/mol. The molecule has 0 aliphatic rings. The fourth-order valence-electron chi connectivity index (χ4n) is 3.49. The lowest BCUT2D eigenvalue weighted by atomic mass is 9.95. The zero-order chi connectivity index (χ0) is 26.0. The van der Waals surface area contributed by atoms with Crippen molar-refractivity contribution in [2.24, 2.45) is 5.10 Å². The van der Waals surface area contributed by atoms with Gasteiger partial charge in [-0.25, -0.2) is 4.98 Å². The number of rotatable bonds is 6. The van der Waals surface area contributed by atoms with E-state index in [-0.39, 0.29) is 23.6 Å². The van der Waals surface area contributed by atoms with Crippen molar-refractivity contribution in [1.82, 2.24) is 9.66 Å². The number of aromatic nitrogens is 2. The molecule has 0 saturated heterocycles. The van der Waals surface area contributed by atoms with E-state index in [9.17, 15) is 14.9 Å². The lowest BCUT2D eigenvalue weighted by molar-refractivity contribution is -0.385. The highest BCUT2D eigenvalue weighted by molar-refractivity contribution is 9.10. The molecule has 0 bridgehead atoms. The van der Waals surface area contributed by atoms with Crippen molar-refractivity contribution in [3.05, 3.63) is 108 Å². The van der Waals surface area contributed by atoms with Gasteiger partial charge in [0.25, 0.3) is 5.56 Å². The molecule has 36 heavy (non-hydrogen) atoms. The zero-order valence-electron chi connectivity index (χ0n) is 19.7. The Morgan fingerprint density at radius 2 is 1.86 bits per heavy atom. The number of nitro groups is 1. The van der Waals surface area contributed by atoms with Gasteiger partial charge in [0.1, 0.15) is 12.4 Å². The molecule has 1 aromatic heterocycles. The van der Waals surface area contributed by atoms with Gasteiger partial charge in [-0.15, -0.1) is 0 Å². The van der Waals surface area contributed by atoms with Crippen LogP contribution in [0.25, 0.3) is 10.9 Å². The Morgan fingerprint density at radius 3 is 2.53 bits per heavy atom. The van der Waals surface area contributed by atoms with Crippen LogP contribution < -0.4 is 10.3 Å². The monoisotopic (exact) mass is 568 g/mol. The largest absolute Gasteiger partial charge is 0.482 e. The Bertz CT molecular complexity index is 1540. The van der Waals surface area contributed by atoms with Crippen molar-refractivity contribution >= 4 is 50.3 Å². The van der Waals surface area contributed by atoms with E-state index in [1.807, 2.05) is 26.8 Å². The van der Waals surface area contributed by atoms with E-state index < -0.39 is 10.3 Å². The van der Waals surface area contributed by atoms with E-state index in [0.29, 0.717) is 27.3 Å². The third-order valence-electron chi connectivity index (χ3n) is 5.29. The topological polar surface area (TPSA) is 99.6 Å². The summed E-state index contributed by atoms with van der Waals surface area (Å²) < 4.78 is 7.68. The number of nitrogens with zero attached hydrogens (tertiary/aromatic N) is 4. The summed E-state index contributed by atoms with van der Waals surface area (Å²) in [6, 6.07) is 16.8. The van der Waals surface area contributed by atoms with Gasteiger partial charge in [-0.2, -0.15) is 9.78 Å². The lowest BCUT2D eigenvalue weighted by Gasteiger charge is -2.20. The lowest BCUT2D eigenvalue weighted by Crippen LogP contribution is -2.29. The maximum Gasteiger partial charge on any atom is 0.311 e. The smallest absolute Gasteiger partial charge is 0.311 e. The fourth-order valence-corrected chi connectivity index (χ4v) is 3.97. The second-order valence-electron chi connectivity index (χ2n) is 9.11. The van der Waals surface area contributed by atoms with Crippen molar-refractivity contribution in [3.8, 4) is 5.75 Å². The molecule has 0 N–H and O–H groups in total. The van der Waals surface area contributed by atoms with Gasteiger partial charge >= 0.3 is 5.69 Å². The van der Waals surface area contributed by atoms with E-state index in [0.717, 1.165) is 10.0 Å². The average Bonchev–Trinajstić information content (AvgIpc) is 2.83. The number of fused-ring (bicyclic) bond motifs is 1. The van der Waals surface area contributed by atoms with Crippen molar-refractivity contribution in [1.29, 1.82) is 0 Å². The Balaban J connectivity index is 1.70. The summed E-state index contributed by atoms with van der Waals surface area (Å²) in [4.78, 5) is 29.2. The summed E-state index contributed by atoms with van der Waals surface area (Å²) in [5.74, 6) is 0.591. The summed E-state index contributed by atoms with van der Waals surface area (Å²) in [5.41, 5.74) is 0.794. The number of ether oxygens (including phenoxy) is 1. The summed E-state index contributed by atoms with van der Waals surface area (Å²) >= 11 is 9.28. The molecule has 0 spiro atoms. The first-order valence-corrected chi connectivity index (χ1v) is 12.1. The first kappa shape index (κ1) is 25.5. The van der Waals surface area contributed by atoms with Crippen molar-refractivity contribution in [2.75, 3.05) is 0 Å². The van der Waals surface area contributed by atoms with Gasteiger partial charge < -0.3 is 4.74 Å². The highest BCUT2D eigenvalue weighted by Gasteiger charge is 2.23. The Kier molecular flexibility index (Phi) is 7.23. The van der Waals surface area contributed by atoms with Crippen LogP contribution in [0.2, 0.25) is 5.02 Å². The van der Waals surface area contributed by atoms with Crippen LogP contribution in [-0.2, 0) is 12.0 Å². The molecule has 4 aromatic rings. The maximum atomic E-state index is 13.3. The molecule has 0 unspecified atom stereocenters. The molecule has 0 radical (unpaired) electrons. The second kappa shape index (κ2) is 10.2. The third kappa shape index (κ3) is 5.63. The molecule has 0 saturated carbocycles. The molecule has 0 aliphatic carbocycles. The summed E-state index contributed by atoms with van der Waals surface area (Å²) in [5, 5.41) is 17.1. The highest BCUT2D eigenvalue weighted by atomic mass is 79.9. The summed E-state index contributed by atoms with van der Waals surface area (Å²) in [7, 11) is 0. The van der Waals surface area contributed by atoms with Crippen LogP contribution in [0.3, 0.4) is 0 Å². The minimum Gasteiger partial charge on any atom is -0.482 e. The zero-order valence-corrected chi connectivity index (χ0v) is 22.1. The van der Waals surface area contributed by atoms with Crippen LogP contribution in [0.4, 0.5) is 5.69 Å².